The minimum atomic E-state index is -1.52. The Kier molecular flexibility index (Phi) is 55.9. The first-order valence-corrected chi connectivity index (χ1v) is 31.8. The first-order chi connectivity index (χ1) is 37.6. The number of unbranched alkanes of at least 4 members (excludes halogenated alkanes) is 29. The Morgan fingerprint density at radius 2 is 0.701 bits per heavy atom. The highest BCUT2D eigenvalue weighted by atomic mass is 16.7. The number of allylic oxidation sites excluding steroid dienone is 14. The van der Waals surface area contributed by atoms with Crippen molar-refractivity contribution in [2.24, 2.45) is 0 Å². The second-order valence-electron chi connectivity index (χ2n) is 22.3. The van der Waals surface area contributed by atoms with Crippen LogP contribution in [0.4, 0.5) is 0 Å². The minimum absolute atomic E-state index is 0.183. The fourth-order valence-corrected chi connectivity index (χ4v) is 8.84. The molecule has 0 aromatic rings. The summed E-state index contributed by atoms with van der Waals surface area (Å²) in [5.74, 6) is -2.02. The predicted molar refractivity (Wildman–Crippen MR) is 327 cm³/mol. The van der Waals surface area contributed by atoms with Gasteiger partial charge in [0.2, 0.25) is 0 Å². The van der Waals surface area contributed by atoms with Crippen LogP contribution < -0.4 is 0 Å². The van der Waals surface area contributed by atoms with Gasteiger partial charge in [-0.15, -0.1) is 0 Å². The van der Waals surface area contributed by atoms with E-state index in [1.54, 1.807) is 0 Å². The van der Waals surface area contributed by atoms with Crippen LogP contribution in [0.3, 0.4) is 0 Å². The Hall–Kier alpha value is -3.53. The van der Waals surface area contributed by atoms with Gasteiger partial charge in [-0.25, -0.2) is 4.79 Å². The molecular formula is C68H120NO8+. The molecule has 0 saturated carbocycles. The van der Waals surface area contributed by atoms with E-state index in [0.29, 0.717) is 11.0 Å². The number of carbonyl (C=O) groups is 3. The van der Waals surface area contributed by atoms with Crippen molar-refractivity contribution >= 4 is 17.9 Å². The van der Waals surface area contributed by atoms with Crippen LogP contribution in [0.5, 0.6) is 0 Å². The zero-order chi connectivity index (χ0) is 56.2. The predicted octanol–water partition coefficient (Wildman–Crippen LogP) is 19.1. The number of hydrogen-bond donors (Lipinski definition) is 1. The van der Waals surface area contributed by atoms with E-state index in [9.17, 15) is 19.5 Å². The van der Waals surface area contributed by atoms with Gasteiger partial charge >= 0.3 is 17.9 Å². The van der Waals surface area contributed by atoms with Gasteiger partial charge in [0, 0.05) is 12.8 Å². The molecule has 0 radical (unpaired) electrons. The van der Waals surface area contributed by atoms with Crippen molar-refractivity contribution in [3.63, 3.8) is 0 Å². The van der Waals surface area contributed by atoms with Gasteiger partial charge in [0.1, 0.15) is 13.2 Å². The molecule has 0 aliphatic rings. The SMILES string of the molecule is CC/C=C\C/C=C\C/C=C\C/C=C\CCCCCCCCCCCCCCCCCCCCCCCCCCC(=O)OC(COC(=O)CCCCCCC/C=C\C/C=C\C/C=C\CC)COC(OCC[N+](C)(C)C)C(=O)O. The van der Waals surface area contributed by atoms with Gasteiger partial charge in [-0.05, 0) is 83.5 Å². The number of carboxylic acids is 1. The number of nitrogens with zero attached hydrogens (tertiary/aromatic N) is 1. The molecule has 0 saturated heterocycles. The topological polar surface area (TPSA) is 108 Å². The summed E-state index contributed by atoms with van der Waals surface area (Å²) in [4.78, 5) is 37.4. The summed E-state index contributed by atoms with van der Waals surface area (Å²) < 4.78 is 22.9. The van der Waals surface area contributed by atoms with Crippen LogP contribution >= 0.6 is 0 Å². The lowest BCUT2D eigenvalue weighted by atomic mass is 10.0. The summed E-state index contributed by atoms with van der Waals surface area (Å²) in [6.07, 6.45) is 75.6. The Labute approximate surface area is 474 Å². The number of rotatable bonds is 58. The van der Waals surface area contributed by atoms with Crippen molar-refractivity contribution in [3.05, 3.63) is 85.1 Å². The Morgan fingerprint density at radius 1 is 0.390 bits per heavy atom. The summed E-state index contributed by atoms with van der Waals surface area (Å²) in [6.45, 7) is 4.65. The molecular weight excluding hydrogens is 959 g/mol. The zero-order valence-corrected chi connectivity index (χ0v) is 50.6. The number of hydrogen-bond acceptors (Lipinski definition) is 7. The highest BCUT2D eigenvalue weighted by Crippen LogP contribution is 2.17. The van der Waals surface area contributed by atoms with E-state index >= 15 is 0 Å². The number of quaternary nitrogens is 1. The van der Waals surface area contributed by atoms with Crippen molar-refractivity contribution < 1.29 is 42.9 Å². The second-order valence-corrected chi connectivity index (χ2v) is 22.3. The fraction of sp³-hybridized carbons (Fsp3) is 0.750. The van der Waals surface area contributed by atoms with Crippen LogP contribution in [0.15, 0.2) is 85.1 Å². The monoisotopic (exact) mass is 1080 g/mol. The molecule has 0 bridgehead atoms. The van der Waals surface area contributed by atoms with Crippen molar-refractivity contribution in [3.8, 4) is 0 Å². The molecule has 9 nitrogen and oxygen atoms in total. The van der Waals surface area contributed by atoms with E-state index in [0.717, 1.165) is 103 Å². The molecule has 0 rings (SSSR count). The highest BCUT2D eigenvalue weighted by Gasteiger charge is 2.25. The third-order valence-electron chi connectivity index (χ3n) is 13.6. The molecule has 0 heterocycles. The number of carbonyl (C=O) groups excluding carboxylic acids is 2. The molecule has 0 amide bonds. The summed E-state index contributed by atoms with van der Waals surface area (Å²) in [6, 6.07) is 0. The van der Waals surface area contributed by atoms with Gasteiger partial charge in [-0.2, -0.15) is 0 Å². The zero-order valence-electron chi connectivity index (χ0n) is 50.6. The first kappa shape index (κ1) is 73.5. The minimum Gasteiger partial charge on any atom is -0.477 e. The lowest BCUT2D eigenvalue weighted by Crippen LogP contribution is -2.40. The second kappa shape index (κ2) is 58.6. The van der Waals surface area contributed by atoms with E-state index < -0.39 is 24.3 Å². The number of ether oxygens (including phenoxy) is 4. The van der Waals surface area contributed by atoms with Crippen LogP contribution in [0.2, 0.25) is 0 Å². The van der Waals surface area contributed by atoms with Crippen molar-refractivity contribution in [1.82, 2.24) is 0 Å². The fourth-order valence-electron chi connectivity index (χ4n) is 8.84. The maximum absolute atomic E-state index is 12.9. The van der Waals surface area contributed by atoms with Crippen molar-refractivity contribution in [2.75, 3.05) is 47.5 Å². The van der Waals surface area contributed by atoms with Crippen LogP contribution in [-0.4, -0.2) is 87.4 Å². The number of likely N-dealkylation sites (N-methyl/N-ethyl adjacent to an activating group) is 1. The first-order valence-electron chi connectivity index (χ1n) is 31.8. The molecule has 0 fully saturated rings. The van der Waals surface area contributed by atoms with E-state index in [1.165, 1.54) is 141 Å². The van der Waals surface area contributed by atoms with Crippen LogP contribution in [0, 0.1) is 0 Å². The molecule has 444 valence electrons. The molecule has 0 aromatic heterocycles. The number of aliphatic carboxylic acids is 1. The molecule has 0 aromatic carbocycles. The van der Waals surface area contributed by atoms with E-state index in [4.69, 9.17) is 18.9 Å². The molecule has 0 spiro atoms. The quantitative estimate of drug-likeness (QED) is 0.0211. The van der Waals surface area contributed by atoms with E-state index in [2.05, 4.69) is 98.9 Å². The maximum atomic E-state index is 12.9. The van der Waals surface area contributed by atoms with Gasteiger partial charge in [-0.3, -0.25) is 9.59 Å². The van der Waals surface area contributed by atoms with Crippen LogP contribution in [-0.2, 0) is 33.3 Å². The van der Waals surface area contributed by atoms with Gasteiger partial charge in [0.05, 0.1) is 34.4 Å². The average Bonchev–Trinajstić information content (AvgIpc) is 3.40. The summed E-state index contributed by atoms with van der Waals surface area (Å²) in [5, 5.41) is 9.70. The van der Waals surface area contributed by atoms with E-state index in [-0.39, 0.29) is 38.6 Å². The lowest BCUT2D eigenvalue weighted by molar-refractivity contribution is -0.870. The third kappa shape index (κ3) is 60.0. The molecule has 1 N–H and O–H groups in total. The molecule has 77 heavy (non-hydrogen) atoms. The standard InChI is InChI=1S/C68H119NO8/c1-6-8-10-12-14-16-18-20-22-23-24-25-26-27-28-29-30-31-32-33-34-35-36-37-38-39-40-41-42-43-45-47-49-51-53-55-57-59-66(71)77-64(63-76-68(67(72)73)74-61-60-69(3,4)5)62-75-65(70)58-56-54-52-50-48-46-44-21-19-17-15-13-11-9-7-2/h8-11,14-17,20-22,24-25,44,64,68H,6-7,12-13,18-19,23,26-43,45-63H2,1-5H3/p+1/b10-8-,11-9-,16-14-,17-15-,22-20-,25-24-,44-21-. The van der Waals surface area contributed by atoms with Gasteiger partial charge in [0.15, 0.2) is 6.10 Å². The molecule has 2 atom stereocenters. The van der Waals surface area contributed by atoms with Crippen LogP contribution in [0.1, 0.15) is 271 Å². The smallest absolute Gasteiger partial charge is 0.361 e. The summed E-state index contributed by atoms with van der Waals surface area (Å²) in [5.41, 5.74) is 0. The third-order valence-corrected chi connectivity index (χ3v) is 13.6. The Morgan fingerprint density at radius 3 is 1.04 bits per heavy atom. The summed E-state index contributed by atoms with van der Waals surface area (Å²) in [7, 11) is 5.96. The molecule has 0 aliphatic carbocycles. The van der Waals surface area contributed by atoms with Crippen molar-refractivity contribution in [2.45, 2.75) is 283 Å². The average molecular weight is 1080 g/mol. The van der Waals surface area contributed by atoms with Crippen molar-refractivity contribution in [1.29, 1.82) is 0 Å². The maximum Gasteiger partial charge on any atom is 0.361 e. The number of esters is 2. The Balaban J connectivity index is 4.01. The Bertz CT molecular complexity index is 1540. The number of carboxylic acid groups (broad SMARTS) is 1. The van der Waals surface area contributed by atoms with Gasteiger partial charge < -0.3 is 28.5 Å². The largest absolute Gasteiger partial charge is 0.477 e. The lowest BCUT2D eigenvalue weighted by Gasteiger charge is -2.25. The van der Waals surface area contributed by atoms with Gasteiger partial charge in [-0.1, -0.05) is 259 Å². The highest BCUT2D eigenvalue weighted by molar-refractivity contribution is 5.71. The molecule has 9 heteroatoms. The van der Waals surface area contributed by atoms with E-state index in [1.807, 2.05) is 21.1 Å². The van der Waals surface area contributed by atoms with Crippen LogP contribution in [0.25, 0.3) is 0 Å². The normalized spacial score (nSPS) is 13.3. The molecule has 0 aliphatic heterocycles. The summed E-state index contributed by atoms with van der Waals surface area (Å²) >= 11 is 0. The van der Waals surface area contributed by atoms with Gasteiger partial charge in [0.25, 0.3) is 6.29 Å². The molecule has 2 unspecified atom stereocenters.